The van der Waals surface area contributed by atoms with Gasteiger partial charge in [-0.1, -0.05) is 60.7 Å². The molecule has 0 saturated carbocycles. The third-order valence-electron chi connectivity index (χ3n) is 3.93. The SMILES string of the molecule is Brc1cccc2c3ccccc3n(Cc3ccccc3)c12. The Balaban J connectivity index is 2.05. The molecule has 1 aromatic heterocycles. The van der Waals surface area contributed by atoms with E-state index in [0.717, 1.165) is 11.0 Å². The molecule has 2 heteroatoms. The molecular formula is C19H14BrN. The van der Waals surface area contributed by atoms with E-state index >= 15 is 0 Å². The molecule has 0 aliphatic heterocycles. The van der Waals surface area contributed by atoms with Crippen molar-refractivity contribution in [2.24, 2.45) is 0 Å². The summed E-state index contributed by atoms with van der Waals surface area (Å²) in [6.45, 7) is 0.882. The molecule has 0 unspecified atom stereocenters. The standard InChI is InChI=1S/C19H14BrN/c20-17-11-6-10-16-15-9-4-5-12-18(15)21(19(16)17)13-14-7-2-1-3-8-14/h1-12H,13H2. The summed E-state index contributed by atoms with van der Waals surface area (Å²) in [7, 11) is 0. The van der Waals surface area contributed by atoms with Gasteiger partial charge in [0.2, 0.25) is 0 Å². The zero-order valence-corrected chi connectivity index (χ0v) is 13.0. The fourth-order valence-corrected chi connectivity index (χ4v) is 3.57. The van der Waals surface area contributed by atoms with Crippen molar-refractivity contribution in [1.82, 2.24) is 4.57 Å². The minimum absolute atomic E-state index is 0.882. The number of hydrogen-bond acceptors (Lipinski definition) is 0. The van der Waals surface area contributed by atoms with Gasteiger partial charge in [-0.15, -0.1) is 0 Å². The molecule has 0 spiro atoms. The first-order valence-electron chi connectivity index (χ1n) is 7.04. The van der Waals surface area contributed by atoms with Crippen LogP contribution >= 0.6 is 15.9 Å². The maximum atomic E-state index is 3.72. The van der Waals surface area contributed by atoms with Crippen molar-refractivity contribution in [2.45, 2.75) is 6.54 Å². The molecule has 0 radical (unpaired) electrons. The number of nitrogens with zero attached hydrogens (tertiary/aromatic N) is 1. The van der Waals surface area contributed by atoms with Crippen LogP contribution in [0.25, 0.3) is 21.8 Å². The normalized spacial score (nSPS) is 11.3. The van der Waals surface area contributed by atoms with Gasteiger partial charge in [0.05, 0.1) is 5.52 Å². The van der Waals surface area contributed by atoms with E-state index in [1.165, 1.54) is 27.4 Å². The maximum Gasteiger partial charge on any atom is 0.0638 e. The molecule has 3 aromatic carbocycles. The van der Waals surface area contributed by atoms with Crippen LogP contribution < -0.4 is 0 Å². The Labute approximate surface area is 132 Å². The number of para-hydroxylation sites is 2. The molecule has 1 heterocycles. The van der Waals surface area contributed by atoms with E-state index in [-0.39, 0.29) is 0 Å². The monoisotopic (exact) mass is 335 g/mol. The molecule has 0 saturated heterocycles. The highest BCUT2D eigenvalue weighted by Gasteiger charge is 2.12. The van der Waals surface area contributed by atoms with E-state index in [0.29, 0.717) is 0 Å². The molecular weight excluding hydrogens is 322 g/mol. The Hall–Kier alpha value is -2.06. The summed E-state index contributed by atoms with van der Waals surface area (Å²) in [4.78, 5) is 0. The van der Waals surface area contributed by atoms with Gasteiger partial charge in [0, 0.05) is 27.3 Å². The Kier molecular flexibility index (Phi) is 3.04. The van der Waals surface area contributed by atoms with E-state index in [2.05, 4.69) is 93.3 Å². The zero-order chi connectivity index (χ0) is 14.2. The summed E-state index contributed by atoms with van der Waals surface area (Å²) in [5.41, 5.74) is 3.86. The lowest BCUT2D eigenvalue weighted by Gasteiger charge is -2.08. The summed E-state index contributed by atoms with van der Waals surface area (Å²) in [5, 5.41) is 2.61. The van der Waals surface area contributed by atoms with Crippen LogP contribution in [0, 0.1) is 0 Å². The summed E-state index contributed by atoms with van der Waals surface area (Å²) in [5.74, 6) is 0. The minimum atomic E-state index is 0.882. The predicted molar refractivity (Wildman–Crippen MR) is 92.7 cm³/mol. The topological polar surface area (TPSA) is 4.93 Å². The summed E-state index contributed by atoms with van der Waals surface area (Å²) in [6, 6.07) is 25.6. The van der Waals surface area contributed by atoms with Gasteiger partial charge in [-0.05, 0) is 33.6 Å². The quantitative estimate of drug-likeness (QED) is 0.449. The van der Waals surface area contributed by atoms with Crippen LogP contribution in [0.3, 0.4) is 0 Å². The van der Waals surface area contributed by atoms with Crippen molar-refractivity contribution in [3.63, 3.8) is 0 Å². The van der Waals surface area contributed by atoms with Gasteiger partial charge in [0.1, 0.15) is 0 Å². The summed E-state index contributed by atoms with van der Waals surface area (Å²) >= 11 is 3.72. The van der Waals surface area contributed by atoms with Crippen molar-refractivity contribution in [3.8, 4) is 0 Å². The molecule has 0 N–H and O–H groups in total. The van der Waals surface area contributed by atoms with Crippen LogP contribution in [0.1, 0.15) is 5.56 Å². The summed E-state index contributed by atoms with van der Waals surface area (Å²) < 4.78 is 3.54. The van der Waals surface area contributed by atoms with Gasteiger partial charge in [-0.2, -0.15) is 0 Å². The van der Waals surface area contributed by atoms with Crippen LogP contribution in [0.2, 0.25) is 0 Å². The third kappa shape index (κ3) is 2.07. The molecule has 0 atom stereocenters. The van der Waals surface area contributed by atoms with Gasteiger partial charge in [-0.25, -0.2) is 0 Å². The van der Waals surface area contributed by atoms with Gasteiger partial charge >= 0.3 is 0 Å². The first-order chi connectivity index (χ1) is 10.3. The highest BCUT2D eigenvalue weighted by Crippen LogP contribution is 2.33. The van der Waals surface area contributed by atoms with Gasteiger partial charge < -0.3 is 4.57 Å². The predicted octanol–water partition coefficient (Wildman–Crippen LogP) is 5.61. The Morgan fingerprint density at radius 2 is 1.43 bits per heavy atom. The number of benzene rings is 3. The van der Waals surface area contributed by atoms with E-state index in [1.54, 1.807) is 0 Å². The lowest BCUT2D eigenvalue weighted by atomic mass is 10.2. The Bertz CT molecular complexity index is 922. The maximum absolute atomic E-state index is 3.72. The molecule has 0 fully saturated rings. The lowest BCUT2D eigenvalue weighted by molar-refractivity contribution is 0.867. The van der Waals surface area contributed by atoms with E-state index in [4.69, 9.17) is 0 Å². The van der Waals surface area contributed by atoms with Crippen molar-refractivity contribution < 1.29 is 0 Å². The van der Waals surface area contributed by atoms with Crippen molar-refractivity contribution >= 4 is 37.7 Å². The molecule has 0 bridgehead atoms. The van der Waals surface area contributed by atoms with Crippen molar-refractivity contribution in [2.75, 3.05) is 0 Å². The fourth-order valence-electron chi connectivity index (χ4n) is 2.99. The van der Waals surface area contributed by atoms with Gasteiger partial charge in [0.15, 0.2) is 0 Å². The highest BCUT2D eigenvalue weighted by molar-refractivity contribution is 9.10. The smallest absolute Gasteiger partial charge is 0.0638 e. The largest absolute Gasteiger partial charge is 0.335 e. The molecule has 0 aliphatic rings. The first-order valence-corrected chi connectivity index (χ1v) is 7.83. The average molecular weight is 336 g/mol. The van der Waals surface area contributed by atoms with Crippen LogP contribution in [0.15, 0.2) is 77.3 Å². The highest BCUT2D eigenvalue weighted by atomic mass is 79.9. The van der Waals surface area contributed by atoms with Crippen LogP contribution in [-0.2, 0) is 6.54 Å². The molecule has 1 nitrogen and oxygen atoms in total. The van der Waals surface area contributed by atoms with Crippen LogP contribution in [-0.4, -0.2) is 4.57 Å². The molecule has 0 aliphatic carbocycles. The Morgan fingerprint density at radius 3 is 2.29 bits per heavy atom. The number of hydrogen-bond donors (Lipinski definition) is 0. The molecule has 102 valence electrons. The second-order valence-electron chi connectivity index (χ2n) is 5.22. The molecule has 0 amide bonds. The fraction of sp³-hybridized carbons (Fsp3) is 0.0526. The van der Waals surface area contributed by atoms with Gasteiger partial charge in [0.25, 0.3) is 0 Å². The first kappa shape index (κ1) is 12.7. The molecule has 4 rings (SSSR count). The van der Waals surface area contributed by atoms with Crippen molar-refractivity contribution in [1.29, 1.82) is 0 Å². The molecule has 4 aromatic rings. The third-order valence-corrected chi connectivity index (χ3v) is 4.57. The minimum Gasteiger partial charge on any atom is -0.335 e. The number of aromatic nitrogens is 1. The van der Waals surface area contributed by atoms with E-state index in [1.807, 2.05) is 0 Å². The number of halogens is 1. The second-order valence-corrected chi connectivity index (χ2v) is 6.08. The van der Waals surface area contributed by atoms with Gasteiger partial charge in [-0.3, -0.25) is 0 Å². The summed E-state index contributed by atoms with van der Waals surface area (Å²) in [6.07, 6.45) is 0. The van der Waals surface area contributed by atoms with E-state index in [9.17, 15) is 0 Å². The number of fused-ring (bicyclic) bond motifs is 3. The Morgan fingerprint density at radius 1 is 0.714 bits per heavy atom. The van der Waals surface area contributed by atoms with E-state index < -0.39 is 0 Å². The second kappa shape index (κ2) is 5.05. The lowest BCUT2D eigenvalue weighted by Crippen LogP contribution is -1.99. The van der Waals surface area contributed by atoms with Crippen LogP contribution in [0.5, 0.6) is 0 Å². The zero-order valence-electron chi connectivity index (χ0n) is 11.5. The van der Waals surface area contributed by atoms with Crippen LogP contribution in [0.4, 0.5) is 0 Å². The number of rotatable bonds is 2. The van der Waals surface area contributed by atoms with Crippen molar-refractivity contribution in [3.05, 3.63) is 82.8 Å². The molecule has 21 heavy (non-hydrogen) atoms. The average Bonchev–Trinajstić information content (AvgIpc) is 2.84.